The number of ether oxygens (including phenoxy) is 1. The van der Waals surface area contributed by atoms with Crippen LogP contribution in [0.25, 0.3) is 0 Å². The number of nitrogens with one attached hydrogen (secondary N) is 2. The summed E-state index contributed by atoms with van der Waals surface area (Å²) in [5, 5.41) is 5.75. The molecule has 0 fully saturated rings. The summed E-state index contributed by atoms with van der Waals surface area (Å²) < 4.78 is 76.2. The van der Waals surface area contributed by atoms with Gasteiger partial charge in [-0.25, -0.2) is 0 Å². The van der Waals surface area contributed by atoms with Gasteiger partial charge in [0.1, 0.15) is 13.1 Å². The Morgan fingerprint density at radius 3 is 1.61 bits per heavy atom. The Morgan fingerprint density at radius 2 is 1.10 bits per heavy atom. The van der Waals surface area contributed by atoms with Crippen LogP contribution >= 0.6 is 0 Å². The standard InChI is InChI=1S/C43H62N4O10S2/c1-7-57-41(50)19-13-10-16-28-47-32(3)43(6,36-30-34(59(54,55)56)21-23-38(36)47)24-14-8-11-17-39(48)44-25-26-45-40(49)18-12-9-15-27-46-31(2)42(4,5)35-29-33(58(51,52)53)20-22-37(35)46/h20-23,29-30H,7-19,24-28H2,1-6H3,(H2-2,44,45,48,49,51,52,53,54,55,56)/p+2. The maximum absolute atomic E-state index is 12.5. The first-order valence-electron chi connectivity index (χ1n) is 20.9. The molecular formula is C43H64N4O10S2+2. The lowest BCUT2D eigenvalue weighted by Crippen LogP contribution is -2.34. The van der Waals surface area contributed by atoms with E-state index < -0.39 is 25.7 Å². The quantitative estimate of drug-likeness (QED) is 0.0390. The summed E-state index contributed by atoms with van der Waals surface area (Å²) in [6.07, 6.45) is 8.92. The summed E-state index contributed by atoms with van der Waals surface area (Å²) in [7, 11) is -8.68. The van der Waals surface area contributed by atoms with Crippen molar-refractivity contribution in [1.82, 2.24) is 10.6 Å². The highest BCUT2D eigenvalue weighted by Gasteiger charge is 2.46. The first-order valence-corrected chi connectivity index (χ1v) is 23.8. The average Bonchev–Trinajstić information content (AvgIpc) is 3.49. The fourth-order valence-corrected chi connectivity index (χ4v) is 9.26. The molecule has 2 amide bonds. The monoisotopic (exact) mass is 860 g/mol. The molecule has 4 rings (SSSR count). The van der Waals surface area contributed by atoms with Crippen molar-refractivity contribution in [3.05, 3.63) is 47.5 Å². The number of benzene rings is 2. The molecule has 14 nitrogen and oxygen atoms in total. The predicted molar refractivity (Wildman–Crippen MR) is 227 cm³/mol. The molecule has 2 aliphatic rings. The number of esters is 1. The molecule has 0 aromatic heterocycles. The highest BCUT2D eigenvalue weighted by molar-refractivity contribution is 7.86. The molecule has 16 heteroatoms. The van der Waals surface area contributed by atoms with Crippen molar-refractivity contribution in [2.75, 3.05) is 32.8 Å². The zero-order valence-corrected chi connectivity index (χ0v) is 37.2. The topological polar surface area (TPSA) is 199 Å². The van der Waals surface area contributed by atoms with Gasteiger partial charge in [-0.3, -0.25) is 23.5 Å². The van der Waals surface area contributed by atoms with Crippen molar-refractivity contribution in [2.24, 2.45) is 0 Å². The van der Waals surface area contributed by atoms with Crippen LogP contribution in [0.3, 0.4) is 0 Å². The third kappa shape index (κ3) is 12.3. The summed E-state index contributed by atoms with van der Waals surface area (Å²) >= 11 is 0. The molecule has 0 saturated heterocycles. The highest BCUT2D eigenvalue weighted by Crippen LogP contribution is 2.44. The molecular weight excluding hydrogens is 797 g/mol. The summed E-state index contributed by atoms with van der Waals surface area (Å²) in [6, 6.07) is 9.47. The fraction of sp³-hybridized carbons (Fsp3) is 0.605. The van der Waals surface area contributed by atoms with E-state index in [9.17, 15) is 40.3 Å². The van der Waals surface area contributed by atoms with E-state index in [-0.39, 0.29) is 33.0 Å². The van der Waals surface area contributed by atoms with Crippen LogP contribution in [-0.4, -0.2) is 97.1 Å². The SMILES string of the molecule is CCOC(=O)CCCCC[N+]1=C(C)C(C)(CCCCCC(=O)NCCNC(=O)CCCCC[N+]2=C(C)C(C)(C)c3cc(S(=O)(=O)O)ccc32)c2cc(S(=O)(=O)O)ccc21. The molecule has 0 radical (unpaired) electrons. The van der Waals surface area contributed by atoms with Crippen LogP contribution in [0, 0.1) is 0 Å². The molecule has 1 unspecified atom stereocenters. The van der Waals surface area contributed by atoms with Crippen LogP contribution in [0.5, 0.6) is 0 Å². The molecule has 2 aromatic carbocycles. The second kappa shape index (κ2) is 20.5. The van der Waals surface area contributed by atoms with Gasteiger partial charge in [0.15, 0.2) is 11.4 Å². The first-order chi connectivity index (χ1) is 27.7. The summed E-state index contributed by atoms with van der Waals surface area (Å²) in [4.78, 5) is 36.5. The number of carbonyl (C=O) groups excluding carboxylic acids is 3. The van der Waals surface area contributed by atoms with Crippen LogP contribution in [-0.2, 0) is 50.2 Å². The van der Waals surface area contributed by atoms with E-state index >= 15 is 0 Å². The lowest BCUT2D eigenvalue weighted by Gasteiger charge is -2.22. The van der Waals surface area contributed by atoms with Crippen LogP contribution in [0.4, 0.5) is 11.4 Å². The number of hydrogen-bond acceptors (Lipinski definition) is 8. The van der Waals surface area contributed by atoms with Gasteiger partial charge in [-0.15, -0.1) is 0 Å². The van der Waals surface area contributed by atoms with E-state index in [0.717, 1.165) is 91.8 Å². The number of carbonyl (C=O) groups is 3. The lowest BCUT2D eigenvalue weighted by molar-refractivity contribution is -0.440. The maximum Gasteiger partial charge on any atom is 0.305 e. The second-order valence-electron chi connectivity index (χ2n) is 16.4. The van der Waals surface area contributed by atoms with Gasteiger partial charge in [-0.2, -0.15) is 26.0 Å². The number of rotatable bonds is 24. The maximum atomic E-state index is 12.5. The molecule has 2 aromatic rings. The highest BCUT2D eigenvalue weighted by atomic mass is 32.2. The number of hydrogen-bond donors (Lipinski definition) is 4. The Balaban J connectivity index is 1.14. The lowest BCUT2D eigenvalue weighted by atomic mass is 9.76. The van der Waals surface area contributed by atoms with Gasteiger partial charge >= 0.3 is 5.97 Å². The number of fused-ring (bicyclic) bond motifs is 2. The largest absolute Gasteiger partial charge is 0.466 e. The second-order valence-corrected chi connectivity index (χ2v) is 19.3. The molecule has 4 N–H and O–H groups in total. The van der Waals surface area contributed by atoms with Gasteiger partial charge < -0.3 is 15.4 Å². The van der Waals surface area contributed by atoms with Crippen LogP contribution in [0.1, 0.15) is 136 Å². The van der Waals surface area contributed by atoms with Crippen molar-refractivity contribution in [3.63, 3.8) is 0 Å². The minimum Gasteiger partial charge on any atom is -0.466 e. The smallest absolute Gasteiger partial charge is 0.305 e. The van der Waals surface area contributed by atoms with E-state index in [2.05, 4.69) is 33.6 Å². The summed E-state index contributed by atoms with van der Waals surface area (Å²) in [6.45, 7) is 14.5. The van der Waals surface area contributed by atoms with Gasteiger partial charge in [0, 0.05) is 82.3 Å². The zero-order valence-electron chi connectivity index (χ0n) is 35.6. The van der Waals surface area contributed by atoms with Gasteiger partial charge in [-0.05, 0) is 90.5 Å². The number of nitrogens with zero attached hydrogens (tertiary/aromatic N) is 2. The Kier molecular flexibility index (Phi) is 16.6. The molecule has 2 heterocycles. The molecule has 59 heavy (non-hydrogen) atoms. The van der Waals surface area contributed by atoms with Crippen molar-refractivity contribution in [1.29, 1.82) is 0 Å². The Morgan fingerprint density at radius 1 is 0.644 bits per heavy atom. The summed E-state index contributed by atoms with van der Waals surface area (Å²) in [5.74, 6) is -0.350. The number of amides is 2. The third-order valence-corrected chi connectivity index (χ3v) is 13.8. The molecule has 326 valence electrons. The van der Waals surface area contributed by atoms with Crippen molar-refractivity contribution in [3.8, 4) is 0 Å². The average molecular weight is 861 g/mol. The van der Waals surface area contributed by atoms with Crippen molar-refractivity contribution in [2.45, 2.75) is 146 Å². The Labute approximate surface area is 350 Å². The number of unbranched alkanes of at least 4 members (excludes halogenated alkanes) is 6. The fourth-order valence-electron chi connectivity index (χ4n) is 8.25. The van der Waals surface area contributed by atoms with Gasteiger partial charge in [0.25, 0.3) is 20.2 Å². The molecule has 0 bridgehead atoms. The zero-order chi connectivity index (χ0) is 43.6. The van der Waals surface area contributed by atoms with Crippen molar-refractivity contribution < 1.29 is 54.2 Å². The molecule has 2 aliphatic heterocycles. The minimum atomic E-state index is -4.38. The van der Waals surface area contributed by atoms with Crippen molar-refractivity contribution >= 4 is 60.8 Å². The van der Waals surface area contributed by atoms with E-state index in [0.29, 0.717) is 58.3 Å². The molecule has 0 spiro atoms. The van der Waals surface area contributed by atoms with E-state index in [1.807, 2.05) is 20.8 Å². The Bertz CT molecular complexity index is 2160. The van der Waals surface area contributed by atoms with Gasteiger partial charge in [-0.1, -0.05) is 12.8 Å². The Hall–Kier alpha value is -3.99. The van der Waals surface area contributed by atoms with E-state index in [4.69, 9.17) is 4.74 Å². The minimum absolute atomic E-state index is 0.0715. The van der Waals surface area contributed by atoms with Gasteiger partial charge in [0.05, 0.1) is 27.2 Å². The van der Waals surface area contributed by atoms with Gasteiger partial charge in [0.2, 0.25) is 23.2 Å². The predicted octanol–water partition coefficient (Wildman–Crippen LogP) is 6.52. The van der Waals surface area contributed by atoms with Crippen LogP contribution in [0.15, 0.2) is 46.2 Å². The molecule has 0 aliphatic carbocycles. The molecule has 1 atom stereocenters. The van der Waals surface area contributed by atoms with E-state index in [1.165, 1.54) is 12.1 Å². The molecule has 0 saturated carbocycles. The first kappa shape index (κ1) is 47.7. The van der Waals surface area contributed by atoms with Crippen LogP contribution in [0.2, 0.25) is 0 Å². The normalized spacial score (nSPS) is 17.2. The third-order valence-electron chi connectivity index (χ3n) is 12.1. The van der Waals surface area contributed by atoms with Crippen LogP contribution < -0.4 is 10.6 Å². The summed E-state index contributed by atoms with van der Waals surface area (Å²) in [5.41, 5.74) is 4.90. The van der Waals surface area contributed by atoms with E-state index in [1.54, 1.807) is 31.2 Å².